The lowest BCUT2D eigenvalue weighted by Crippen LogP contribution is -2.16. The Bertz CT molecular complexity index is 64.1. The molecule has 2 heterocycles. The minimum Gasteiger partial charge on any atom is -0.373 e. The highest BCUT2D eigenvalue weighted by atomic mass is 16.6. The van der Waals surface area contributed by atoms with Gasteiger partial charge in [0.05, 0.1) is 25.4 Å². The lowest BCUT2D eigenvalue weighted by molar-refractivity contribution is -0.0376. The van der Waals surface area contributed by atoms with Gasteiger partial charge in [0.15, 0.2) is 0 Å². The van der Waals surface area contributed by atoms with E-state index in [0.29, 0.717) is 12.2 Å². The van der Waals surface area contributed by atoms with Gasteiger partial charge in [-0.1, -0.05) is 0 Å². The predicted octanol–water partition coefficient (Wildman–Crippen LogP) is 0.174. The van der Waals surface area contributed by atoms with Gasteiger partial charge < -0.3 is 9.47 Å². The number of hydrogen-bond acceptors (Lipinski definition) is 2. The number of rotatable bonds is 0. The van der Waals surface area contributed by atoms with Crippen molar-refractivity contribution < 1.29 is 9.47 Å². The third-order valence-electron chi connectivity index (χ3n) is 1.56. The molecule has 0 radical (unpaired) electrons. The van der Waals surface area contributed by atoms with Crippen LogP contribution in [0.4, 0.5) is 0 Å². The summed E-state index contributed by atoms with van der Waals surface area (Å²) in [4.78, 5) is 0. The van der Waals surface area contributed by atoms with Crippen LogP contribution in [0.25, 0.3) is 0 Å². The maximum atomic E-state index is 5.23. The standard InChI is InChI=1S/C5H8O2/c1-4-2-6-5(1)3-7-4/h4-5H,1-3H2. The first-order chi connectivity index (χ1) is 3.45. The second-order valence-electron chi connectivity index (χ2n) is 2.15. The Labute approximate surface area is 42.4 Å². The summed E-state index contributed by atoms with van der Waals surface area (Å²) in [6, 6.07) is 0. The maximum absolute atomic E-state index is 5.23. The van der Waals surface area contributed by atoms with Crippen LogP contribution in [0.15, 0.2) is 0 Å². The molecule has 2 aliphatic rings. The maximum Gasteiger partial charge on any atom is 0.0835 e. The van der Waals surface area contributed by atoms with E-state index in [1.807, 2.05) is 0 Å². The molecule has 0 aromatic carbocycles. The molecule has 0 N–H and O–H groups in total. The first kappa shape index (κ1) is 3.87. The third-order valence-corrected chi connectivity index (χ3v) is 1.56. The van der Waals surface area contributed by atoms with E-state index < -0.39 is 0 Å². The van der Waals surface area contributed by atoms with Crippen LogP contribution in [-0.2, 0) is 9.47 Å². The highest BCUT2D eigenvalue weighted by molar-refractivity contribution is 4.79. The third kappa shape index (κ3) is 0.469. The molecule has 0 amide bonds. The van der Waals surface area contributed by atoms with Gasteiger partial charge in [0.25, 0.3) is 0 Å². The number of fused-ring (bicyclic) bond motifs is 2. The normalized spacial score (nSPS) is 48.0. The fourth-order valence-electron chi connectivity index (χ4n) is 1.15. The quantitative estimate of drug-likeness (QED) is 0.432. The molecule has 2 fully saturated rings. The van der Waals surface area contributed by atoms with Crippen molar-refractivity contribution in [3.8, 4) is 0 Å². The van der Waals surface area contributed by atoms with Crippen molar-refractivity contribution in [2.24, 2.45) is 0 Å². The minimum absolute atomic E-state index is 0.449. The van der Waals surface area contributed by atoms with E-state index in [1.165, 1.54) is 0 Å². The summed E-state index contributed by atoms with van der Waals surface area (Å²) >= 11 is 0. The monoisotopic (exact) mass is 100 g/mol. The van der Waals surface area contributed by atoms with Crippen molar-refractivity contribution in [1.82, 2.24) is 0 Å². The van der Waals surface area contributed by atoms with Crippen LogP contribution in [0.1, 0.15) is 6.42 Å². The summed E-state index contributed by atoms with van der Waals surface area (Å²) in [7, 11) is 0. The van der Waals surface area contributed by atoms with Gasteiger partial charge in [0.2, 0.25) is 0 Å². The molecular weight excluding hydrogens is 92.1 g/mol. The summed E-state index contributed by atoms with van der Waals surface area (Å²) in [6.45, 7) is 1.68. The Morgan fingerprint density at radius 3 is 1.71 bits per heavy atom. The van der Waals surface area contributed by atoms with E-state index in [1.54, 1.807) is 0 Å². The number of hydrogen-bond donors (Lipinski definition) is 0. The van der Waals surface area contributed by atoms with Crippen LogP contribution in [-0.4, -0.2) is 25.4 Å². The smallest absolute Gasteiger partial charge is 0.0835 e. The molecule has 2 bridgehead atoms. The summed E-state index contributed by atoms with van der Waals surface area (Å²) in [5.41, 5.74) is 0. The van der Waals surface area contributed by atoms with Crippen molar-refractivity contribution in [2.45, 2.75) is 18.6 Å². The van der Waals surface area contributed by atoms with E-state index in [0.717, 1.165) is 19.6 Å². The fraction of sp³-hybridized carbons (Fsp3) is 1.00. The molecule has 0 aliphatic carbocycles. The first-order valence-corrected chi connectivity index (χ1v) is 2.68. The Morgan fingerprint density at radius 2 is 1.57 bits per heavy atom. The average molecular weight is 100 g/mol. The Morgan fingerprint density at radius 1 is 1.00 bits per heavy atom. The summed E-state index contributed by atoms with van der Waals surface area (Å²) in [5, 5.41) is 0. The molecule has 2 heteroatoms. The highest BCUT2D eigenvalue weighted by Gasteiger charge is 2.32. The fourth-order valence-corrected chi connectivity index (χ4v) is 1.15. The van der Waals surface area contributed by atoms with Crippen molar-refractivity contribution in [3.63, 3.8) is 0 Å². The Hall–Kier alpha value is -0.0800. The second-order valence-corrected chi connectivity index (χ2v) is 2.15. The van der Waals surface area contributed by atoms with Gasteiger partial charge in [-0.05, 0) is 0 Å². The molecular formula is C5H8O2. The van der Waals surface area contributed by atoms with Gasteiger partial charge in [-0.15, -0.1) is 0 Å². The van der Waals surface area contributed by atoms with Gasteiger partial charge in [-0.25, -0.2) is 0 Å². The molecule has 7 heavy (non-hydrogen) atoms. The summed E-state index contributed by atoms with van der Waals surface area (Å²) in [6.07, 6.45) is 2.04. The highest BCUT2D eigenvalue weighted by Crippen LogP contribution is 2.23. The van der Waals surface area contributed by atoms with Gasteiger partial charge in [0, 0.05) is 6.42 Å². The van der Waals surface area contributed by atoms with Gasteiger partial charge in [-0.2, -0.15) is 0 Å². The Kier molecular flexibility index (Phi) is 0.664. The van der Waals surface area contributed by atoms with Gasteiger partial charge in [0.1, 0.15) is 0 Å². The lowest BCUT2D eigenvalue weighted by Gasteiger charge is -2.09. The van der Waals surface area contributed by atoms with Crippen LogP contribution in [0.2, 0.25) is 0 Å². The van der Waals surface area contributed by atoms with Gasteiger partial charge in [-0.3, -0.25) is 0 Å². The van der Waals surface area contributed by atoms with E-state index >= 15 is 0 Å². The van der Waals surface area contributed by atoms with Crippen molar-refractivity contribution >= 4 is 0 Å². The zero-order valence-corrected chi connectivity index (χ0v) is 4.09. The van der Waals surface area contributed by atoms with Crippen molar-refractivity contribution in [1.29, 1.82) is 0 Å². The van der Waals surface area contributed by atoms with Crippen LogP contribution in [0.5, 0.6) is 0 Å². The largest absolute Gasteiger partial charge is 0.373 e. The summed E-state index contributed by atoms with van der Waals surface area (Å²) in [5.74, 6) is 0. The molecule has 2 unspecified atom stereocenters. The van der Waals surface area contributed by atoms with Gasteiger partial charge >= 0.3 is 0 Å². The predicted molar refractivity (Wildman–Crippen MR) is 24.1 cm³/mol. The molecule has 2 atom stereocenters. The molecule has 40 valence electrons. The second kappa shape index (κ2) is 1.20. The SMILES string of the molecule is C1OC2COC1C2. The van der Waals surface area contributed by atoms with E-state index in [9.17, 15) is 0 Å². The zero-order chi connectivity index (χ0) is 4.69. The van der Waals surface area contributed by atoms with E-state index in [-0.39, 0.29) is 0 Å². The Balaban J connectivity index is 2.12. The van der Waals surface area contributed by atoms with E-state index in [4.69, 9.17) is 9.47 Å². The number of ether oxygens (including phenoxy) is 2. The van der Waals surface area contributed by atoms with Crippen LogP contribution in [0, 0.1) is 0 Å². The topological polar surface area (TPSA) is 18.5 Å². The average Bonchev–Trinajstić information content (AvgIpc) is 2.22. The molecule has 0 saturated carbocycles. The van der Waals surface area contributed by atoms with Crippen LogP contribution < -0.4 is 0 Å². The lowest BCUT2D eigenvalue weighted by atomic mass is 10.3. The molecule has 2 aliphatic heterocycles. The minimum atomic E-state index is 0.449. The summed E-state index contributed by atoms with van der Waals surface area (Å²) < 4.78 is 10.5. The van der Waals surface area contributed by atoms with Crippen LogP contribution in [0.3, 0.4) is 0 Å². The zero-order valence-electron chi connectivity index (χ0n) is 4.09. The van der Waals surface area contributed by atoms with Crippen molar-refractivity contribution in [2.75, 3.05) is 13.2 Å². The molecule has 2 saturated heterocycles. The molecule has 0 aromatic rings. The molecule has 0 spiro atoms. The first-order valence-electron chi connectivity index (χ1n) is 2.68. The van der Waals surface area contributed by atoms with Crippen LogP contribution >= 0.6 is 0 Å². The van der Waals surface area contributed by atoms with E-state index in [2.05, 4.69) is 0 Å². The molecule has 2 nitrogen and oxygen atoms in total. The van der Waals surface area contributed by atoms with Crippen molar-refractivity contribution in [3.05, 3.63) is 0 Å². The molecule has 2 rings (SSSR count). The molecule has 0 aromatic heterocycles.